The molecule has 0 atom stereocenters. The molecule has 0 bridgehead atoms. The number of anilines is 1. The van der Waals surface area contributed by atoms with Gasteiger partial charge in [0.1, 0.15) is 17.2 Å². The third-order valence-corrected chi connectivity index (χ3v) is 5.27. The normalized spacial score (nSPS) is 16.4. The topological polar surface area (TPSA) is 37.8 Å². The van der Waals surface area contributed by atoms with Crippen molar-refractivity contribution < 1.29 is 0 Å². The van der Waals surface area contributed by atoms with Crippen molar-refractivity contribution in [1.82, 2.24) is 9.97 Å². The maximum atomic E-state index is 4.35. The molecule has 1 fully saturated rings. The lowest BCUT2D eigenvalue weighted by molar-refractivity contribution is 0.622. The molecule has 1 saturated carbocycles. The number of nitrogens with one attached hydrogen (secondary N) is 1. The first kappa shape index (κ1) is 13.1. The number of rotatable bonds is 5. The Kier molecular flexibility index (Phi) is 5.10. The van der Waals surface area contributed by atoms with Crippen LogP contribution in [0.2, 0.25) is 0 Å². The second-order valence-corrected chi connectivity index (χ2v) is 6.13. The fraction of sp³-hybridized carbons (Fsp3) is 0.667. The van der Waals surface area contributed by atoms with Crippen LogP contribution >= 0.6 is 27.7 Å². The van der Waals surface area contributed by atoms with E-state index in [1.807, 2.05) is 11.8 Å². The SMILES string of the molecule is CCNc1ncnc(SCC2CCCC2)c1Br. The van der Waals surface area contributed by atoms with Gasteiger partial charge in [-0.15, -0.1) is 11.8 Å². The van der Waals surface area contributed by atoms with Gasteiger partial charge in [-0.3, -0.25) is 0 Å². The van der Waals surface area contributed by atoms with E-state index in [4.69, 9.17) is 0 Å². The summed E-state index contributed by atoms with van der Waals surface area (Å²) in [5, 5.41) is 4.29. The van der Waals surface area contributed by atoms with Gasteiger partial charge in [0, 0.05) is 12.3 Å². The van der Waals surface area contributed by atoms with Crippen LogP contribution < -0.4 is 5.32 Å². The maximum absolute atomic E-state index is 4.35. The van der Waals surface area contributed by atoms with Gasteiger partial charge in [0.25, 0.3) is 0 Å². The van der Waals surface area contributed by atoms with Crippen LogP contribution in [0.5, 0.6) is 0 Å². The average Bonchev–Trinajstić information content (AvgIpc) is 2.83. The lowest BCUT2D eigenvalue weighted by Gasteiger charge is -2.10. The summed E-state index contributed by atoms with van der Waals surface area (Å²) < 4.78 is 1.00. The van der Waals surface area contributed by atoms with Crippen LogP contribution in [0.1, 0.15) is 32.6 Å². The molecule has 0 amide bonds. The number of hydrogen-bond acceptors (Lipinski definition) is 4. The summed E-state index contributed by atoms with van der Waals surface area (Å²) in [6.45, 7) is 2.95. The molecule has 0 aromatic carbocycles. The molecular weight excluding hydrogens is 298 g/mol. The third kappa shape index (κ3) is 3.58. The highest BCUT2D eigenvalue weighted by Gasteiger charge is 2.17. The highest BCUT2D eigenvalue weighted by atomic mass is 79.9. The third-order valence-electron chi connectivity index (χ3n) is 3.03. The highest BCUT2D eigenvalue weighted by molar-refractivity contribution is 9.10. The zero-order chi connectivity index (χ0) is 12.1. The van der Waals surface area contributed by atoms with Gasteiger partial charge in [-0.1, -0.05) is 12.8 Å². The Balaban J connectivity index is 1.97. The van der Waals surface area contributed by atoms with Crippen LogP contribution in [-0.4, -0.2) is 22.3 Å². The van der Waals surface area contributed by atoms with E-state index in [9.17, 15) is 0 Å². The van der Waals surface area contributed by atoms with Gasteiger partial charge in [-0.05, 0) is 41.6 Å². The second kappa shape index (κ2) is 6.59. The van der Waals surface area contributed by atoms with E-state index in [-0.39, 0.29) is 0 Å². The van der Waals surface area contributed by atoms with E-state index in [1.165, 1.54) is 31.4 Å². The fourth-order valence-corrected chi connectivity index (χ4v) is 3.88. The molecule has 5 heteroatoms. The highest BCUT2D eigenvalue weighted by Crippen LogP contribution is 2.34. The lowest BCUT2D eigenvalue weighted by atomic mass is 10.1. The van der Waals surface area contributed by atoms with Gasteiger partial charge < -0.3 is 5.32 Å². The number of nitrogens with zero attached hydrogens (tertiary/aromatic N) is 2. The standard InChI is InChI=1S/C12H18BrN3S/c1-2-14-11-10(13)12(16-8-15-11)17-7-9-5-3-4-6-9/h8-9H,2-7H2,1H3,(H,14,15,16). The first-order valence-corrected chi connectivity index (χ1v) is 7.96. The molecule has 1 heterocycles. The molecule has 2 rings (SSSR count). The van der Waals surface area contributed by atoms with Crippen LogP contribution in [-0.2, 0) is 0 Å². The molecular formula is C12H18BrN3S. The van der Waals surface area contributed by atoms with Crippen LogP contribution in [0.15, 0.2) is 15.8 Å². The summed E-state index contributed by atoms with van der Waals surface area (Å²) in [6.07, 6.45) is 7.21. The summed E-state index contributed by atoms with van der Waals surface area (Å²) in [4.78, 5) is 8.57. The van der Waals surface area contributed by atoms with Crippen molar-refractivity contribution in [3.05, 3.63) is 10.8 Å². The number of halogens is 1. The summed E-state index contributed by atoms with van der Waals surface area (Å²) >= 11 is 5.43. The van der Waals surface area contributed by atoms with Crippen molar-refractivity contribution >= 4 is 33.5 Å². The van der Waals surface area contributed by atoms with Gasteiger partial charge in [0.2, 0.25) is 0 Å². The Morgan fingerprint density at radius 1 is 1.41 bits per heavy atom. The molecule has 1 N–H and O–H groups in total. The van der Waals surface area contributed by atoms with Crippen molar-refractivity contribution in [3.8, 4) is 0 Å². The minimum absolute atomic E-state index is 0.877. The Hall–Kier alpha value is -0.290. The fourth-order valence-electron chi connectivity index (χ4n) is 2.12. The van der Waals surface area contributed by atoms with E-state index in [0.717, 1.165) is 27.8 Å². The molecule has 0 saturated heterocycles. The Labute approximate surface area is 115 Å². The van der Waals surface area contributed by atoms with Crippen molar-refractivity contribution in [2.45, 2.75) is 37.6 Å². The Bertz CT molecular complexity index is 367. The first-order valence-electron chi connectivity index (χ1n) is 6.18. The van der Waals surface area contributed by atoms with Gasteiger partial charge in [-0.25, -0.2) is 9.97 Å². The molecule has 94 valence electrons. The molecule has 3 nitrogen and oxygen atoms in total. The van der Waals surface area contributed by atoms with E-state index in [0.29, 0.717) is 0 Å². The largest absolute Gasteiger partial charge is 0.369 e. The Morgan fingerprint density at radius 3 is 2.88 bits per heavy atom. The summed E-state index contributed by atoms with van der Waals surface area (Å²) in [7, 11) is 0. The Morgan fingerprint density at radius 2 is 2.18 bits per heavy atom. The number of hydrogen-bond donors (Lipinski definition) is 1. The van der Waals surface area contributed by atoms with Crippen LogP contribution in [0, 0.1) is 5.92 Å². The van der Waals surface area contributed by atoms with E-state index >= 15 is 0 Å². The maximum Gasteiger partial charge on any atom is 0.144 e. The zero-order valence-corrected chi connectivity index (χ0v) is 12.5. The monoisotopic (exact) mass is 315 g/mol. The molecule has 17 heavy (non-hydrogen) atoms. The minimum atomic E-state index is 0.877. The molecule has 1 aromatic heterocycles. The van der Waals surface area contributed by atoms with Crippen molar-refractivity contribution in [2.24, 2.45) is 5.92 Å². The molecule has 0 spiro atoms. The van der Waals surface area contributed by atoms with Crippen molar-refractivity contribution in [3.63, 3.8) is 0 Å². The van der Waals surface area contributed by atoms with Gasteiger partial charge in [-0.2, -0.15) is 0 Å². The molecule has 1 aliphatic carbocycles. The average molecular weight is 316 g/mol. The molecule has 0 radical (unpaired) electrons. The minimum Gasteiger partial charge on any atom is -0.369 e. The van der Waals surface area contributed by atoms with Crippen molar-refractivity contribution in [2.75, 3.05) is 17.6 Å². The van der Waals surface area contributed by atoms with Gasteiger partial charge >= 0.3 is 0 Å². The zero-order valence-electron chi connectivity index (χ0n) is 10.1. The van der Waals surface area contributed by atoms with E-state index in [2.05, 4.69) is 38.1 Å². The number of thioether (sulfide) groups is 1. The predicted octanol–water partition coefficient (Wildman–Crippen LogP) is 3.95. The van der Waals surface area contributed by atoms with Gasteiger partial charge in [0.15, 0.2) is 0 Å². The predicted molar refractivity (Wildman–Crippen MR) is 76.6 cm³/mol. The van der Waals surface area contributed by atoms with Crippen LogP contribution in [0.25, 0.3) is 0 Å². The summed E-state index contributed by atoms with van der Waals surface area (Å²) in [5.41, 5.74) is 0. The molecule has 1 aromatic rings. The van der Waals surface area contributed by atoms with Crippen LogP contribution in [0.4, 0.5) is 5.82 Å². The molecule has 0 aliphatic heterocycles. The lowest BCUT2D eigenvalue weighted by Crippen LogP contribution is -2.03. The van der Waals surface area contributed by atoms with Crippen LogP contribution in [0.3, 0.4) is 0 Å². The summed E-state index contributed by atoms with van der Waals surface area (Å²) in [6, 6.07) is 0. The second-order valence-electron chi connectivity index (χ2n) is 4.33. The van der Waals surface area contributed by atoms with Crippen molar-refractivity contribution in [1.29, 1.82) is 0 Å². The van der Waals surface area contributed by atoms with Gasteiger partial charge in [0.05, 0.1) is 4.47 Å². The molecule has 1 aliphatic rings. The van der Waals surface area contributed by atoms with E-state index in [1.54, 1.807) is 6.33 Å². The molecule has 0 unspecified atom stereocenters. The quantitative estimate of drug-likeness (QED) is 0.659. The first-order chi connectivity index (χ1) is 8.31. The van der Waals surface area contributed by atoms with E-state index < -0.39 is 0 Å². The smallest absolute Gasteiger partial charge is 0.144 e. The summed E-state index contributed by atoms with van der Waals surface area (Å²) in [5.74, 6) is 2.96. The number of aromatic nitrogens is 2.